The number of aromatic nitrogens is 1. The Morgan fingerprint density at radius 1 is 1.31 bits per heavy atom. The van der Waals surface area contributed by atoms with Gasteiger partial charge >= 0.3 is 0 Å². The molecule has 2 aromatic rings. The molecule has 0 fully saturated rings. The molecule has 1 heterocycles. The molecule has 0 radical (unpaired) electrons. The highest BCUT2D eigenvalue weighted by Crippen LogP contribution is 2.19. The molecule has 16 heavy (non-hydrogen) atoms. The first kappa shape index (κ1) is 11.5. The SMILES string of the molecule is Cn1c(CCS(=O)(=O)Cl)cc2ccccc21. The Balaban J connectivity index is 2.35. The van der Waals surface area contributed by atoms with E-state index in [2.05, 4.69) is 0 Å². The van der Waals surface area contributed by atoms with E-state index >= 15 is 0 Å². The third-order valence-corrected chi connectivity index (χ3v) is 3.81. The average molecular weight is 258 g/mol. The predicted molar refractivity (Wildman–Crippen MR) is 66.3 cm³/mol. The van der Waals surface area contributed by atoms with Crippen LogP contribution in [0.15, 0.2) is 30.3 Å². The molecule has 5 heteroatoms. The Hall–Kier alpha value is -1.00. The molecule has 0 saturated carbocycles. The molecular formula is C11H12ClNO2S. The number of nitrogens with zero attached hydrogens (tertiary/aromatic N) is 1. The minimum Gasteiger partial charge on any atom is -0.348 e. The van der Waals surface area contributed by atoms with Crippen LogP contribution in [-0.4, -0.2) is 18.7 Å². The number of aryl methyl sites for hydroxylation is 2. The summed E-state index contributed by atoms with van der Waals surface area (Å²) in [5, 5.41) is 1.12. The Bertz CT molecular complexity index is 616. The first-order valence-corrected chi connectivity index (χ1v) is 7.41. The summed E-state index contributed by atoms with van der Waals surface area (Å²) in [7, 11) is 3.71. The van der Waals surface area contributed by atoms with Gasteiger partial charge in [0.1, 0.15) is 0 Å². The number of halogens is 1. The molecule has 0 spiro atoms. The zero-order valence-electron chi connectivity index (χ0n) is 8.85. The van der Waals surface area contributed by atoms with Crippen molar-refractivity contribution < 1.29 is 8.42 Å². The van der Waals surface area contributed by atoms with Crippen molar-refractivity contribution in [2.24, 2.45) is 7.05 Å². The van der Waals surface area contributed by atoms with Crippen LogP contribution in [0.5, 0.6) is 0 Å². The third-order valence-electron chi connectivity index (χ3n) is 2.65. The maximum atomic E-state index is 10.9. The van der Waals surface area contributed by atoms with Crippen molar-refractivity contribution in [3.05, 3.63) is 36.0 Å². The van der Waals surface area contributed by atoms with Gasteiger partial charge in [-0.2, -0.15) is 0 Å². The Labute approximate surface area is 99.1 Å². The molecule has 0 unspecified atom stereocenters. The topological polar surface area (TPSA) is 39.1 Å². The molecule has 1 aromatic carbocycles. The second kappa shape index (κ2) is 4.11. The number of benzene rings is 1. The molecular weight excluding hydrogens is 246 g/mol. The smallest absolute Gasteiger partial charge is 0.232 e. The van der Waals surface area contributed by atoms with Crippen LogP contribution in [0.3, 0.4) is 0 Å². The summed E-state index contributed by atoms with van der Waals surface area (Å²) in [4.78, 5) is 0. The zero-order valence-corrected chi connectivity index (χ0v) is 10.4. The maximum Gasteiger partial charge on any atom is 0.232 e. The van der Waals surface area contributed by atoms with Gasteiger partial charge in [-0.3, -0.25) is 0 Å². The van der Waals surface area contributed by atoms with E-state index < -0.39 is 9.05 Å². The fourth-order valence-electron chi connectivity index (χ4n) is 1.81. The minimum atomic E-state index is -3.42. The summed E-state index contributed by atoms with van der Waals surface area (Å²) in [5.74, 6) is -0.0291. The Kier molecular flexibility index (Phi) is 2.95. The van der Waals surface area contributed by atoms with Crippen molar-refractivity contribution in [2.45, 2.75) is 6.42 Å². The maximum absolute atomic E-state index is 10.9. The highest BCUT2D eigenvalue weighted by Gasteiger charge is 2.09. The molecule has 3 nitrogen and oxygen atoms in total. The van der Waals surface area contributed by atoms with Crippen molar-refractivity contribution in [3.8, 4) is 0 Å². The van der Waals surface area contributed by atoms with Gasteiger partial charge in [0.2, 0.25) is 9.05 Å². The lowest BCUT2D eigenvalue weighted by Crippen LogP contribution is -2.04. The molecule has 0 saturated heterocycles. The van der Waals surface area contributed by atoms with E-state index in [-0.39, 0.29) is 5.75 Å². The first-order valence-electron chi connectivity index (χ1n) is 4.93. The van der Waals surface area contributed by atoms with Gasteiger partial charge in [0.05, 0.1) is 5.75 Å². The van der Waals surface area contributed by atoms with E-state index in [0.717, 1.165) is 16.6 Å². The van der Waals surface area contributed by atoms with Crippen LogP contribution in [0.4, 0.5) is 0 Å². The number of para-hydroxylation sites is 1. The van der Waals surface area contributed by atoms with Gasteiger partial charge in [-0.1, -0.05) is 18.2 Å². The van der Waals surface area contributed by atoms with Crippen molar-refractivity contribution in [1.29, 1.82) is 0 Å². The first-order chi connectivity index (χ1) is 7.47. The van der Waals surface area contributed by atoms with Gasteiger partial charge in [-0.25, -0.2) is 8.42 Å². The minimum absolute atomic E-state index is 0.0291. The molecule has 0 atom stereocenters. The highest BCUT2D eigenvalue weighted by molar-refractivity contribution is 8.13. The summed E-state index contributed by atoms with van der Waals surface area (Å²) in [5.41, 5.74) is 2.08. The molecule has 86 valence electrons. The van der Waals surface area contributed by atoms with Gasteiger partial charge in [0.25, 0.3) is 0 Å². The molecule has 1 aromatic heterocycles. The van der Waals surface area contributed by atoms with Gasteiger partial charge in [-0.15, -0.1) is 0 Å². The summed E-state index contributed by atoms with van der Waals surface area (Å²) < 4.78 is 23.8. The number of rotatable bonds is 3. The summed E-state index contributed by atoms with van der Waals surface area (Å²) in [6, 6.07) is 9.94. The summed E-state index contributed by atoms with van der Waals surface area (Å²) >= 11 is 0. The molecule has 0 aliphatic rings. The monoisotopic (exact) mass is 257 g/mol. The van der Waals surface area contributed by atoms with Crippen molar-refractivity contribution in [1.82, 2.24) is 4.57 Å². The number of hydrogen-bond acceptors (Lipinski definition) is 2. The van der Waals surface area contributed by atoms with E-state index in [1.165, 1.54) is 0 Å². The summed E-state index contributed by atoms with van der Waals surface area (Å²) in [6.07, 6.45) is 0.441. The van der Waals surface area contributed by atoms with Crippen LogP contribution in [-0.2, 0) is 22.5 Å². The van der Waals surface area contributed by atoms with Crippen molar-refractivity contribution in [2.75, 3.05) is 5.75 Å². The third kappa shape index (κ3) is 2.39. The van der Waals surface area contributed by atoms with E-state index in [9.17, 15) is 8.42 Å². The van der Waals surface area contributed by atoms with E-state index in [1.54, 1.807) is 0 Å². The largest absolute Gasteiger partial charge is 0.348 e. The molecule has 2 rings (SSSR count). The molecule has 0 amide bonds. The van der Waals surface area contributed by atoms with E-state index in [0.29, 0.717) is 6.42 Å². The lowest BCUT2D eigenvalue weighted by Gasteiger charge is -2.02. The number of fused-ring (bicyclic) bond motifs is 1. The Morgan fingerprint density at radius 3 is 2.62 bits per heavy atom. The molecule has 0 bridgehead atoms. The van der Waals surface area contributed by atoms with Gasteiger partial charge < -0.3 is 4.57 Å². The van der Waals surface area contributed by atoms with E-state index in [4.69, 9.17) is 10.7 Å². The van der Waals surface area contributed by atoms with Gasteiger partial charge in [-0.05, 0) is 17.5 Å². The highest BCUT2D eigenvalue weighted by atomic mass is 35.7. The van der Waals surface area contributed by atoms with Crippen LogP contribution in [0.25, 0.3) is 10.9 Å². The lowest BCUT2D eigenvalue weighted by molar-refractivity contribution is 0.608. The quantitative estimate of drug-likeness (QED) is 0.792. The van der Waals surface area contributed by atoms with Gasteiger partial charge in [0.15, 0.2) is 0 Å². The van der Waals surface area contributed by atoms with E-state index in [1.807, 2.05) is 41.9 Å². The normalized spacial score (nSPS) is 12.1. The van der Waals surface area contributed by atoms with Crippen LogP contribution >= 0.6 is 10.7 Å². The zero-order chi connectivity index (χ0) is 11.8. The molecule has 0 aliphatic heterocycles. The summed E-state index contributed by atoms with van der Waals surface area (Å²) in [6.45, 7) is 0. The fourth-order valence-corrected chi connectivity index (χ4v) is 2.50. The molecule has 0 aliphatic carbocycles. The van der Waals surface area contributed by atoms with Crippen molar-refractivity contribution >= 4 is 30.6 Å². The van der Waals surface area contributed by atoms with Crippen LogP contribution < -0.4 is 0 Å². The number of hydrogen-bond donors (Lipinski definition) is 0. The standard InChI is InChI=1S/C11H12ClNO2S/c1-13-10(6-7-16(12,14)15)8-9-4-2-3-5-11(9)13/h2-5,8H,6-7H2,1H3. The Morgan fingerprint density at radius 2 is 2.00 bits per heavy atom. The second-order valence-corrected chi connectivity index (χ2v) is 6.64. The van der Waals surface area contributed by atoms with Crippen LogP contribution in [0.1, 0.15) is 5.69 Å². The predicted octanol–water partition coefficient (Wildman–Crippen LogP) is 2.29. The fraction of sp³-hybridized carbons (Fsp3) is 0.273. The van der Waals surface area contributed by atoms with Gasteiger partial charge in [0, 0.05) is 35.4 Å². The lowest BCUT2D eigenvalue weighted by atomic mass is 10.2. The van der Waals surface area contributed by atoms with Crippen molar-refractivity contribution in [3.63, 3.8) is 0 Å². The second-order valence-electron chi connectivity index (χ2n) is 3.75. The average Bonchev–Trinajstić information content (AvgIpc) is 2.53. The van der Waals surface area contributed by atoms with Crippen LogP contribution in [0.2, 0.25) is 0 Å². The molecule has 0 N–H and O–H groups in total. The van der Waals surface area contributed by atoms with Crippen LogP contribution in [0, 0.1) is 0 Å².